The molecule has 7 heteroatoms. The van der Waals surface area contributed by atoms with Crippen molar-refractivity contribution in [2.24, 2.45) is 5.73 Å². The van der Waals surface area contributed by atoms with Crippen LogP contribution in [-0.2, 0) is 15.0 Å². The van der Waals surface area contributed by atoms with Gasteiger partial charge in [0.1, 0.15) is 5.75 Å². The van der Waals surface area contributed by atoms with Crippen LogP contribution in [0.5, 0.6) is 5.75 Å². The Hall–Kier alpha value is -1.79. The topological polar surface area (TPSA) is 93.5 Å². The first-order valence-electron chi connectivity index (χ1n) is 7.98. The van der Waals surface area contributed by atoms with Gasteiger partial charge in [0.25, 0.3) is 0 Å². The van der Waals surface area contributed by atoms with E-state index < -0.39 is 0 Å². The van der Waals surface area contributed by atoms with E-state index in [9.17, 15) is 9.59 Å². The van der Waals surface area contributed by atoms with Gasteiger partial charge >= 0.3 is 0 Å². The minimum Gasteiger partial charge on any atom is -0.497 e. The molecule has 0 aromatic heterocycles. The summed E-state index contributed by atoms with van der Waals surface area (Å²) >= 11 is 0. The number of benzene rings is 1. The summed E-state index contributed by atoms with van der Waals surface area (Å²) in [6, 6.07) is 8.05. The Bertz CT molecular complexity index is 560. The summed E-state index contributed by atoms with van der Waals surface area (Å²) in [6.07, 6.45) is 4.37. The monoisotopic (exact) mass is 355 g/mol. The van der Waals surface area contributed by atoms with Gasteiger partial charge in [0.15, 0.2) is 0 Å². The zero-order valence-electron chi connectivity index (χ0n) is 14.0. The Labute approximate surface area is 148 Å². The number of carbonyl (C=O) groups excluding carboxylic acids is 2. The molecule has 2 rings (SSSR count). The summed E-state index contributed by atoms with van der Waals surface area (Å²) in [6.45, 7) is 0.419. The van der Waals surface area contributed by atoms with Crippen LogP contribution in [0.1, 0.15) is 31.2 Å². The van der Waals surface area contributed by atoms with E-state index in [1.54, 1.807) is 7.11 Å². The number of carbonyl (C=O) groups is 2. The molecule has 0 spiro atoms. The Morgan fingerprint density at radius 1 is 1.21 bits per heavy atom. The summed E-state index contributed by atoms with van der Waals surface area (Å²) in [5.41, 5.74) is 6.34. The molecule has 0 radical (unpaired) electrons. The van der Waals surface area contributed by atoms with Gasteiger partial charge < -0.3 is 21.1 Å². The lowest BCUT2D eigenvalue weighted by molar-refractivity contribution is -0.125. The van der Waals surface area contributed by atoms with Gasteiger partial charge in [0, 0.05) is 12.0 Å². The molecule has 4 N–H and O–H groups in total. The predicted octanol–water partition coefficient (Wildman–Crippen LogP) is 1.12. The fourth-order valence-electron chi connectivity index (χ4n) is 3.15. The molecular weight excluding hydrogens is 330 g/mol. The van der Waals surface area contributed by atoms with Crippen LogP contribution in [0.25, 0.3) is 0 Å². The van der Waals surface area contributed by atoms with Crippen LogP contribution in [0.15, 0.2) is 24.3 Å². The zero-order valence-corrected chi connectivity index (χ0v) is 14.8. The van der Waals surface area contributed by atoms with Crippen molar-refractivity contribution in [2.45, 2.75) is 31.1 Å². The molecule has 0 aliphatic heterocycles. The van der Waals surface area contributed by atoms with E-state index in [0.717, 1.165) is 31.4 Å². The van der Waals surface area contributed by atoms with E-state index in [2.05, 4.69) is 16.7 Å². The quantitative estimate of drug-likeness (QED) is 0.683. The Kier molecular flexibility index (Phi) is 8.01. The standard InChI is InChI=1S/C17H25N3O3.ClH/c1-23-14-6-4-5-13(9-14)17(7-2-3-8-17)12-20-16(22)11-19-15(21)10-18;/h4-6,9H,2-3,7-8,10-12,18H2,1H3,(H,19,21)(H,20,22);1H. The molecular formula is C17H26ClN3O3. The first-order chi connectivity index (χ1) is 11.1. The van der Waals surface area contributed by atoms with Crippen molar-refractivity contribution in [2.75, 3.05) is 26.7 Å². The van der Waals surface area contributed by atoms with Crippen LogP contribution < -0.4 is 21.1 Å². The third kappa shape index (κ3) is 5.11. The summed E-state index contributed by atoms with van der Waals surface area (Å²) < 4.78 is 5.32. The number of rotatable bonds is 7. The predicted molar refractivity (Wildman–Crippen MR) is 95.5 cm³/mol. The number of amides is 2. The Balaban J connectivity index is 0.00000288. The maximum Gasteiger partial charge on any atom is 0.239 e. The molecule has 24 heavy (non-hydrogen) atoms. The number of nitrogens with two attached hydrogens (primary N) is 1. The van der Waals surface area contributed by atoms with E-state index in [1.165, 1.54) is 5.56 Å². The van der Waals surface area contributed by atoms with Crippen LogP contribution in [-0.4, -0.2) is 38.6 Å². The highest BCUT2D eigenvalue weighted by Crippen LogP contribution is 2.41. The lowest BCUT2D eigenvalue weighted by Gasteiger charge is -2.30. The maximum absolute atomic E-state index is 11.9. The van der Waals surface area contributed by atoms with Crippen molar-refractivity contribution in [3.63, 3.8) is 0 Å². The molecule has 1 saturated carbocycles. The van der Waals surface area contributed by atoms with Crippen molar-refractivity contribution in [1.29, 1.82) is 0 Å². The van der Waals surface area contributed by atoms with Crippen LogP contribution in [0.3, 0.4) is 0 Å². The number of halogens is 1. The molecule has 0 heterocycles. The van der Waals surface area contributed by atoms with Gasteiger partial charge in [0.2, 0.25) is 11.8 Å². The molecule has 1 aliphatic carbocycles. The second kappa shape index (κ2) is 9.49. The van der Waals surface area contributed by atoms with E-state index in [1.807, 2.05) is 18.2 Å². The lowest BCUT2D eigenvalue weighted by Crippen LogP contribution is -2.44. The van der Waals surface area contributed by atoms with E-state index in [-0.39, 0.29) is 42.7 Å². The molecule has 1 fully saturated rings. The lowest BCUT2D eigenvalue weighted by atomic mass is 9.78. The molecule has 0 saturated heterocycles. The van der Waals surface area contributed by atoms with Gasteiger partial charge in [-0.15, -0.1) is 12.4 Å². The van der Waals surface area contributed by atoms with Crippen LogP contribution >= 0.6 is 12.4 Å². The Morgan fingerprint density at radius 2 is 1.92 bits per heavy atom. The van der Waals surface area contributed by atoms with Crippen molar-refractivity contribution < 1.29 is 14.3 Å². The SMILES string of the molecule is COc1cccc(C2(CNC(=O)CNC(=O)CN)CCCC2)c1.Cl. The fraction of sp³-hybridized carbons (Fsp3) is 0.529. The normalized spacial score (nSPS) is 15.2. The maximum atomic E-state index is 11.9. The largest absolute Gasteiger partial charge is 0.497 e. The number of hydrogen-bond acceptors (Lipinski definition) is 4. The van der Waals surface area contributed by atoms with Gasteiger partial charge in [0.05, 0.1) is 20.2 Å². The molecule has 1 aromatic carbocycles. The Morgan fingerprint density at radius 3 is 2.54 bits per heavy atom. The average molecular weight is 356 g/mol. The molecule has 2 amide bonds. The van der Waals surface area contributed by atoms with E-state index in [4.69, 9.17) is 10.5 Å². The van der Waals surface area contributed by atoms with Crippen LogP contribution in [0.2, 0.25) is 0 Å². The summed E-state index contributed by atoms with van der Waals surface area (Å²) in [5, 5.41) is 5.43. The molecule has 0 bridgehead atoms. The summed E-state index contributed by atoms with van der Waals surface area (Å²) in [4.78, 5) is 23.0. The first-order valence-corrected chi connectivity index (χ1v) is 7.98. The van der Waals surface area contributed by atoms with Crippen molar-refractivity contribution >= 4 is 24.2 Å². The molecule has 6 nitrogen and oxygen atoms in total. The van der Waals surface area contributed by atoms with Crippen LogP contribution in [0.4, 0.5) is 0 Å². The number of ether oxygens (including phenoxy) is 1. The molecule has 1 aromatic rings. The summed E-state index contributed by atoms with van der Waals surface area (Å²) in [7, 11) is 1.66. The number of methoxy groups -OCH3 is 1. The van der Waals surface area contributed by atoms with Crippen LogP contribution in [0, 0.1) is 0 Å². The molecule has 1 aliphatic rings. The molecule has 0 atom stereocenters. The van der Waals surface area contributed by atoms with Gasteiger partial charge in [-0.3, -0.25) is 9.59 Å². The summed E-state index contributed by atoms with van der Waals surface area (Å²) in [5.74, 6) is 0.305. The smallest absolute Gasteiger partial charge is 0.239 e. The minimum atomic E-state index is -0.330. The van der Waals surface area contributed by atoms with Crippen molar-refractivity contribution in [3.05, 3.63) is 29.8 Å². The minimum absolute atomic E-state index is 0. The second-order valence-electron chi connectivity index (χ2n) is 5.98. The van der Waals surface area contributed by atoms with Crippen molar-refractivity contribution in [3.8, 4) is 5.75 Å². The highest BCUT2D eigenvalue weighted by molar-refractivity contribution is 5.85. The third-order valence-electron chi connectivity index (χ3n) is 4.50. The van der Waals surface area contributed by atoms with E-state index >= 15 is 0 Å². The molecule has 0 unspecified atom stereocenters. The fourth-order valence-corrected chi connectivity index (χ4v) is 3.15. The van der Waals surface area contributed by atoms with Crippen molar-refractivity contribution in [1.82, 2.24) is 10.6 Å². The average Bonchev–Trinajstić information content (AvgIpc) is 3.08. The third-order valence-corrected chi connectivity index (χ3v) is 4.50. The van der Waals surface area contributed by atoms with Gasteiger partial charge in [-0.25, -0.2) is 0 Å². The van der Waals surface area contributed by atoms with E-state index in [0.29, 0.717) is 6.54 Å². The zero-order chi connectivity index (χ0) is 16.7. The number of nitrogens with one attached hydrogen (secondary N) is 2. The highest BCUT2D eigenvalue weighted by Gasteiger charge is 2.36. The highest BCUT2D eigenvalue weighted by atomic mass is 35.5. The number of hydrogen-bond donors (Lipinski definition) is 3. The first kappa shape index (κ1) is 20.3. The van der Waals surface area contributed by atoms with Gasteiger partial charge in [-0.05, 0) is 30.5 Å². The molecule has 134 valence electrons. The van der Waals surface area contributed by atoms with Gasteiger partial charge in [-0.1, -0.05) is 25.0 Å². The second-order valence-corrected chi connectivity index (χ2v) is 5.98. The van der Waals surface area contributed by atoms with Gasteiger partial charge in [-0.2, -0.15) is 0 Å².